The molecule has 1 fully saturated rings. The van der Waals surface area contributed by atoms with E-state index in [0.29, 0.717) is 11.6 Å². The molecule has 21 heavy (non-hydrogen) atoms. The highest BCUT2D eigenvalue weighted by atomic mass is 16.6. The van der Waals surface area contributed by atoms with Crippen LogP contribution in [0.3, 0.4) is 0 Å². The van der Waals surface area contributed by atoms with Crippen molar-refractivity contribution in [2.45, 2.75) is 32.1 Å². The van der Waals surface area contributed by atoms with E-state index < -0.39 is 11.0 Å². The number of rotatable bonds is 5. The predicted octanol–water partition coefficient (Wildman–Crippen LogP) is 3.04. The van der Waals surface area contributed by atoms with E-state index in [1.54, 1.807) is 6.07 Å². The Morgan fingerprint density at radius 1 is 1.38 bits per heavy atom. The van der Waals surface area contributed by atoms with Crippen LogP contribution in [0.5, 0.6) is 5.75 Å². The van der Waals surface area contributed by atoms with Crippen LogP contribution in [0.4, 0.5) is 16.2 Å². The van der Waals surface area contributed by atoms with Crippen LogP contribution in [0, 0.1) is 16.0 Å². The van der Waals surface area contributed by atoms with Crippen molar-refractivity contribution < 1.29 is 14.5 Å². The Balaban J connectivity index is 2.06. The standard InChI is InChI=1S/C14H19N3O4/c15-14(18)21-11-6-7-12(13(8-11)17(19)20)16-9-10-4-2-1-3-5-10/h6-8,10,16H,1-5,9H2,(H2,15,18). The van der Waals surface area contributed by atoms with Gasteiger partial charge in [0.1, 0.15) is 11.4 Å². The molecule has 0 radical (unpaired) electrons. The lowest BCUT2D eigenvalue weighted by Gasteiger charge is -2.22. The average Bonchev–Trinajstić information content (AvgIpc) is 2.46. The van der Waals surface area contributed by atoms with Crippen molar-refractivity contribution in [3.8, 4) is 5.75 Å². The summed E-state index contributed by atoms with van der Waals surface area (Å²) in [5.41, 5.74) is 5.21. The van der Waals surface area contributed by atoms with Crippen LogP contribution >= 0.6 is 0 Å². The number of nitro groups is 1. The van der Waals surface area contributed by atoms with Crippen LogP contribution in [-0.4, -0.2) is 17.6 Å². The van der Waals surface area contributed by atoms with Gasteiger partial charge in [-0.1, -0.05) is 19.3 Å². The summed E-state index contributed by atoms with van der Waals surface area (Å²) >= 11 is 0. The summed E-state index contributed by atoms with van der Waals surface area (Å²) in [6, 6.07) is 4.23. The Bertz CT molecular complexity index is 527. The van der Waals surface area contributed by atoms with Gasteiger partial charge in [0.05, 0.1) is 11.0 Å². The molecule has 114 valence electrons. The first-order chi connectivity index (χ1) is 10.1. The fourth-order valence-corrected chi connectivity index (χ4v) is 2.64. The third-order valence-electron chi connectivity index (χ3n) is 3.69. The maximum atomic E-state index is 11.1. The summed E-state index contributed by atoms with van der Waals surface area (Å²) < 4.78 is 4.66. The van der Waals surface area contributed by atoms with Crippen LogP contribution in [0.25, 0.3) is 0 Å². The fraction of sp³-hybridized carbons (Fsp3) is 0.500. The maximum Gasteiger partial charge on any atom is 0.409 e. The highest BCUT2D eigenvalue weighted by Gasteiger charge is 2.18. The second-order valence-corrected chi connectivity index (χ2v) is 5.24. The minimum absolute atomic E-state index is 0.0671. The summed E-state index contributed by atoms with van der Waals surface area (Å²) in [5.74, 6) is 0.623. The number of primary amides is 1. The molecule has 2 rings (SSSR count). The molecule has 1 aromatic rings. The zero-order chi connectivity index (χ0) is 15.2. The zero-order valence-electron chi connectivity index (χ0n) is 11.7. The Morgan fingerprint density at radius 3 is 2.71 bits per heavy atom. The molecule has 7 heteroatoms. The average molecular weight is 293 g/mol. The molecule has 0 atom stereocenters. The number of benzene rings is 1. The summed E-state index contributed by atoms with van der Waals surface area (Å²) in [6.07, 6.45) is 5.04. The Hall–Kier alpha value is -2.31. The summed E-state index contributed by atoms with van der Waals surface area (Å²) in [5, 5.41) is 14.2. The van der Waals surface area contributed by atoms with Crippen molar-refractivity contribution in [1.29, 1.82) is 0 Å². The van der Waals surface area contributed by atoms with Gasteiger partial charge in [-0.3, -0.25) is 10.1 Å². The molecule has 0 aliphatic heterocycles. The largest absolute Gasteiger partial charge is 0.410 e. The molecule has 0 bridgehead atoms. The van der Waals surface area contributed by atoms with Crippen LogP contribution < -0.4 is 15.8 Å². The molecule has 0 heterocycles. The van der Waals surface area contributed by atoms with Gasteiger partial charge < -0.3 is 15.8 Å². The number of carbonyl (C=O) groups excluding carboxylic acids is 1. The second kappa shape index (κ2) is 6.92. The highest BCUT2D eigenvalue weighted by molar-refractivity contribution is 5.70. The van der Waals surface area contributed by atoms with Crippen molar-refractivity contribution in [2.75, 3.05) is 11.9 Å². The maximum absolute atomic E-state index is 11.1. The van der Waals surface area contributed by atoms with E-state index in [9.17, 15) is 14.9 Å². The number of nitrogens with zero attached hydrogens (tertiary/aromatic N) is 1. The number of hydrogen-bond donors (Lipinski definition) is 2. The lowest BCUT2D eigenvalue weighted by molar-refractivity contribution is -0.384. The molecule has 0 saturated heterocycles. The molecular weight excluding hydrogens is 274 g/mol. The van der Waals surface area contributed by atoms with E-state index in [1.807, 2.05) is 0 Å². The first-order valence-corrected chi connectivity index (χ1v) is 7.06. The van der Waals surface area contributed by atoms with Gasteiger partial charge >= 0.3 is 6.09 Å². The number of carbonyl (C=O) groups is 1. The molecule has 0 spiro atoms. The predicted molar refractivity (Wildman–Crippen MR) is 78.4 cm³/mol. The van der Waals surface area contributed by atoms with Gasteiger partial charge in [-0.2, -0.15) is 0 Å². The molecular formula is C14H19N3O4. The summed E-state index contributed by atoms with van der Waals surface area (Å²) in [4.78, 5) is 21.3. The van der Waals surface area contributed by atoms with Crippen molar-refractivity contribution in [3.05, 3.63) is 28.3 Å². The summed E-state index contributed by atoms with van der Waals surface area (Å²) in [7, 11) is 0. The number of ether oxygens (including phenoxy) is 1. The number of nitrogens with one attached hydrogen (secondary N) is 1. The zero-order valence-corrected chi connectivity index (χ0v) is 11.7. The molecule has 0 aromatic heterocycles. The molecule has 0 unspecified atom stereocenters. The molecule has 1 aliphatic carbocycles. The summed E-state index contributed by atoms with van der Waals surface area (Å²) in [6.45, 7) is 0.719. The van der Waals surface area contributed by atoms with Gasteiger partial charge in [0.15, 0.2) is 0 Å². The quantitative estimate of drug-likeness (QED) is 0.640. The highest BCUT2D eigenvalue weighted by Crippen LogP contribution is 2.30. The van der Waals surface area contributed by atoms with Crippen LogP contribution in [0.15, 0.2) is 18.2 Å². The van der Waals surface area contributed by atoms with E-state index in [0.717, 1.165) is 19.4 Å². The molecule has 1 amide bonds. The van der Waals surface area contributed by atoms with E-state index in [-0.39, 0.29) is 11.4 Å². The molecule has 1 aliphatic rings. The van der Waals surface area contributed by atoms with E-state index in [2.05, 4.69) is 10.1 Å². The Labute approximate surface area is 122 Å². The van der Waals surface area contributed by atoms with Crippen LogP contribution in [-0.2, 0) is 0 Å². The number of amides is 1. The van der Waals surface area contributed by atoms with Gasteiger partial charge in [-0.05, 0) is 30.9 Å². The van der Waals surface area contributed by atoms with Gasteiger partial charge in [-0.25, -0.2) is 4.79 Å². The minimum Gasteiger partial charge on any atom is -0.410 e. The smallest absolute Gasteiger partial charge is 0.409 e. The molecule has 7 nitrogen and oxygen atoms in total. The number of hydrogen-bond acceptors (Lipinski definition) is 5. The van der Waals surface area contributed by atoms with E-state index >= 15 is 0 Å². The third-order valence-corrected chi connectivity index (χ3v) is 3.69. The van der Waals surface area contributed by atoms with E-state index in [4.69, 9.17) is 5.73 Å². The van der Waals surface area contributed by atoms with Gasteiger partial charge in [0.25, 0.3) is 5.69 Å². The molecule has 1 aromatic carbocycles. The van der Waals surface area contributed by atoms with Crippen LogP contribution in [0.2, 0.25) is 0 Å². The molecule has 3 N–H and O–H groups in total. The normalized spacial score (nSPS) is 15.4. The number of nitro benzene ring substituents is 1. The van der Waals surface area contributed by atoms with Crippen molar-refractivity contribution in [3.63, 3.8) is 0 Å². The Kier molecular flexibility index (Phi) is 4.97. The van der Waals surface area contributed by atoms with E-state index in [1.165, 1.54) is 31.4 Å². The SMILES string of the molecule is NC(=O)Oc1ccc(NCC2CCCCC2)c([N+](=O)[O-])c1. The minimum atomic E-state index is -0.993. The van der Waals surface area contributed by atoms with Crippen LogP contribution in [0.1, 0.15) is 32.1 Å². The van der Waals surface area contributed by atoms with Gasteiger partial charge in [0, 0.05) is 6.54 Å². The molecule has 1 saturated carbocycles. The van der Waals surface area contributed by atoms with Gasteiger partial charge in [-0.15, -0.1) is 0 Å². The van der Waals surface area contributed by atoms with Crippen molar-refractivity contribution in [1.82, 2.24) is 0 Å². The lowest BCUT2D eigenvalue weighted by Crippen LogP contribution is -2.18. The first kappa shape index (κ1) is 15.1. The number of nitrogens with two attached hydrogens (primary N) is 1. The lowest BCUT2D eigenvalue weighted by atomic mass is 9.89. The van der Waals surface area contributed by atoms with Crippen molar-refractivity contribution in [2.24, 2.45) is 11.7 Å². The third kappa shape index (κ3) is 4.34. The fourth-order valence-electron chi connectivity index (χ4n) is 2.64. The van der Waals surface area contributed by atoms with Crippen molar-refractivity contribution >= 4 is 17.5 Å². The topological polar surface area (TPSA) is 107 Å². The first-order valence-electron chi connectivity index (χ1n) is 7.06. The van der Waals surface area contributed by atoms with Gasteiger partial charge in [0.2, 0.25) is 0 Å². The number of anilines is 1. The monoisotopic (exact) mass is 293 g/mol. The second-order valence-electron chi connectivity index (χ2n) is 5.24. The Morgan fingerprint density at radius 2 is 2.10 bits per heavy atom.